The van der Waals surface area contributed by atoms with Crippen LogP contribution in [-0.2, 0) is 38.6 Å². The van der Waals surface area contributed by atoms with Crippen LogP contribution < -0.4 is 4.74 Å². The maximum absolute atomic E-state index is 14.0. The van der Waals surface area contributed by atoms with Gasteiger partial charge >= 0.3 is 12.1 Å². The second-order valence-electron chi connectivity index (χ2n) is 8.94. The van der Waals surface area contributed by atoms with Crippen molar-refractivity contribution in [3.8, 4) is 5.75 Å². The number of carboxylic acids is 1. The topological polar surface area (TPSA) is 94.5 Å². The summed E-state index contributed by atoms with van der Waals surface area (Å²) in [6.45, 7) is 2.29. The number of ether oxygens (including phenoxy) is 4. The molecule has 0 aliphatic carbocycles. The Morgan fingerprint density at radius 3 is 2.17 bits per heavy atom. The standard InChI is InChI=1S/C30H32F3NO7/c1-2-39-28(29(35)36)17-21-5-11-26(12-6-21)40-16-14-34(13-15-38-19-22-3-8-24(31)9-4-22)30(37)41-20-23-7-10-25(32)18-27(23)33/h3-12,18,28H,2,13-17,19-20H2,1H3,(H,35,36). The van der Waals surface area contributed by atoms with Crippen LogP contribution in [0.4, 0.5) is 18.0 Å². The molecule has 1 unspecified atom stereocenters. The molecule has 1 atom stereocenters. The Hall–Kier alpha value is -4.09. The third-order valence-corrected chi connectivity index (χ3v) is 5.93. The molecule has 0 saturated heterocycles. The first kappa shape index (κ1) is 31.4. The fourth-order valence-corrected chi connectivity index (χ4v) is 3.74. The van der Waals surface area contributed by atoms with Gasteiger partial charge in [-0.25, -0.2) is 22.8 Å². The van der Waals surface area contributed by atoms with E-state index < -0.39 is 29.8 Å². The number of nitrogens with zero attached hydrogens (tertiary/aromatic N) is 1. The van der Waals surface area contributed by atoms with Crippen molar-refractivity contribution < 1.29 is 46.8 Å². The summed E-state index contributed by atoms with van der Waals surface area (Å²) in [4.78, 5) is 25.4. The molecule has 1 N–H and O–H groups in total. The molecule has 0 saturated carbocycles. The van der Waals surface area contributed by atoms with E-state index in [4.69, 9.17) is 18.9 Å². The van der Waals surface area contributed by atoms with Gasteiger partial charge in [0.2, 0.25) is 0 Å². The Kier molecular flexibility index (Phi) is 12.5. The van der Waals surface area contributed by atoms with Crippen molar-refractivity contribution in [1.82, 2.24) is 4.90 Å². The van der Waals surface area contributed by atoms with Gasteiger partial charge in [0, 0.05) is 31.2 Å². The Bertz CT molecular complexity index is 1260. The summed E-state index contributed by atoms with van der Waals surface area (Å²) in [7, 11) is 0. The maximum Gasteiger partial charge on any atom is 0.410 e. The van der Waals surface area contributed by atoms with Gasteiger partial charge in [-0.2, -0.15) is 0 Å². The minimum absolute atomic E-state index is 0.0260. The number of amides is 1. The molecule has 220 valence electrons. The average molecular weight is 576 g/mol. The quantitative estimate of drug-likeness (QED) is 0.230. The van der Waals surface area contributed by atoms with E-state index >= 15 is 0 Å². The lowest BCUT2D eigenvalue weighted by Crippen LogP contribution is -2.37. The Labute approximate surface area is 236 Å². The van der Waals surface area contributed by atoms with Gasteiger partial charge in [0.15, 0.2) is 6.10 Å². The molecule has 3 aromatic carbocycles. The van der Waals surface area contributed by atoms with E-state index in [2.05, 4.69) is 0 Å². The van der Waals surface area contributed by atoms with Crippen LogP contribution in [0, 0.1) is 17.5 Å². The minimum Gasteiger partial charge on any atom is -0.492 e. The van der Waals surface area contributed by atoms with Gasteiger partial charge in [-0.15, -0.1) is 0 Å². The average Bonchev–Trinajstić information content (AvgIpc) is 2.95. The van der Waals surface area contributed by atoms with E-state index in [-0.39, 0.29) is 63.9 Å². The van der Waals surface area contributed by atoms with E-state index in [0.29, 0.717) is 11.8 Å². The van der Waals surface area contributed by atoms with Crippen molar-refractivity contribution in [3.05, 3.63) is 101 Å². The van der Waals surface area contributed by atoms with Crippen molar-refractivity contribution in [1.29, 1.82) is 0 Å². The number of carbonyl (C=O) groups excluding carboxylic acids is 1. The summed E-state index contributed by atoms with van der Waals surface area (Å²) in [6.07, 6.45) is -1.48. The number of hydrogen-bond donors (Lipinski definition) is 1. The van der Waals surface area contributed by atoms with Gasteiger partial charge < -0.3 is 29.0 Å². The smallest absolute Gasteiger partial charge is 0.410 e. The normalized spacial score (nSPS) is 11.6. The number of rotatable bonds is 16. The maximum atomic E-state index is 14.0. The van der Waals surface area contributed by atoms with Crippen LogP contribution in [0.1, 0.15) is 23.6 Å². The first-order valence-corrected chi connectivity index (χ1v) is 13.0. The van der Waals surface area contributed by atoms with Crippen molar-refractivity contribution in [2.45, 2.75) is 32.7 Å². The number of carbonyl (C=O) groups is 2. The van der Waals surface area contributed by atoms with Gasteiger partial charge in [-0.05, 0) is 54.4 Å². The van der Waals surface area contributed by atoms with Crippen LogP contribution in [0.3, 0.4) is 0 Å². The predicted molar refractivity (Wildman–Crippen MR) is 143 cm³/mol. The lowest BCUT2D eigenvalue weighted by molar-refractivity contribution is -0.149. The summed E-state index contributed by atoms with van der Waals surface area (Å²) in [5, 5.41) is 9.26. The SMILES string of the molecule is CCOC(Cc1ccc(OCCN(CCOCc2ccc(F)cc2)C(=O)OCc2ccc(F)cc2F)cc1)C(=O)O. The lowest BCUT2D eigenvalue weighted by atomic mass is 10.1. The second kappa shape index (κ2) is 16.2. The zero-order chi connectivity index (χ0) is 29.6. The highest BCUT2D eigenvalue weighted by atomic mass is 19.1. The molecule has 0 aliphatic heterocycles. The van der Waals surface area contributed by atoms with Gasteiger partial charge in [-0.1, -0.05) is 24.3 Å². The highest BCUT2D eigenvalue weighted by Gasteiger charge is 2.19. The molecule has 0 aromatic heterocycles. The summed E-state index contributed by atoms with van der Waals surface area (Å²) in [6, 6.07) is 15.7. The van der Waals surface area contributed by atoms with Gasteiger partial charge in [-0.3, -0.25) is 0 Å². The Morgan fingerprint density at radius 2 is 1.51 bits per heavy atom. The van der Waals surface area contributed by atoms with E-state index in [0.717, 1.165) is 17.2 Å². The van der Waals surface area contributed by atoms with Gasteiger partial charge in [0.1, 0.15) is 36.4 Å². The molecule has 3 rings (SSSR count). The summed E-state index contributed by atoms with van der Waals surface area (Å²) in [5.41, 5.74) is 1.54. The van der Waals surface area contributed by atoms with Crippen LogP contribution in [0.15, 0.2) is 66.7 Å². The predicted octanol–water partition coefficient (Wildman–Crippen LogP) is 5.37. The third kappa shape index (κ3) is 10.8. The third-order valence-electron chi connectivity index (χ3n) is 5.93. The van der Waals surface area contributed by atoms with E-state index in [1.165, 1.54) is 23.1 Å². The van der Waals surface area contributed by atoms with E-state index in [1.807, 2.05) is 0 Å². The Balaban J connectivity index is 1.54. The molecule has 0 radical (unpaired) electrons. The first-order valence-electron chi connectivity index (χ1n) is 13.0. The monoisotopic (exact) mass is 575 g/mol. The minimum atomic E-state index is -1.04. The highest BCUT2D eigenvalue weighted by molar-refractivity contribution is 5.72. The molecular formula is C30H32F3NO7. The lowest BCUT2D eigenvalue weighted by Gasteiger charge is -2.22. The second-order valence-corrected chi connectivity index (χ2v) is 8.94. The van der Waals surface area contributed by atoms with Crippen molar-refractivity contribution in [3.63, 3.8) is 0 Å². The molecule has 8 nitrogen and oxygen atoms in total. The molecule has 1 amide bonds. The summed E-state index contributed by atoms with van der Waals surface area (Å²) < 4.78 is 62.1. The van der Waals surface area contributed by atoms with E-state index in [1.54, 1.807) is 43.3 Å². The Morgan fingerprint density at radius 1 is 0.854 bits per heavy atom. The van der Waals surface area contributed by atoms with Crippen LogP contribution in [0.5, 0.6) is 5.75 Å². The zero-order valence-corrected chi connectivity index (χ0v) is 22.6. The fourth-order valence-electron chi connectivity index (χ4n) is 3.74. The van der Waals surface area contributed by atoms with Crippen LogP contribution in [-0.4, -0.2) is 61.1 Å². The number of benzene rings is 3. The number of hydrogen-bond acceptors (Lipinski definition) is 6. The van der Waals surface area contributed by atoms with Crippen LogP contribution >= 0.6 is 0 Å². The number of carboxylic acid groups (broad SMARTS) is 1. The van der Waals surface area contributed by atoms with Gasteiger partial charge in [0.05, 0.1) is 19.8 Å². The summed E-state index contributed by atoms with van der Waals surface area (Å²) >= 11 is 0. The highest BCUT2D eigenvalue weighted by Crippen LogP contribution is 2.16. The molecular weight excluding hydrogens is 543 g/mol. The summed E-state index contributed by atoms with van der Waals surface area (Å²) in [5.74, 6) is -2.45. The molecule has 0 bridgehead atoms. The van der Waals surface area contributed by atoms with Crippen LogP contribution in [0.25, 0.3) is 0 Å². The number of aliphatic carboxylic acids is 1. The number of halogens is 3. The van der Waals surface area contributed by atoms with Crippen molar-refractivity contribution >= 4 is 12.1 Å². The fraction of sp³-hybridized carbons (Fsp3) is 0.333. The molecule has 0 heterocycles. The molecule has 0 spiro atoms. The van der Waals surface area contributed by atoms with Crippen molar-refractivity contribution in [2.75, 3.05) is 32.9 Å². The van der Waals surface area contributed by atoms with Crippen molar-refractivity contribution in [2.24, 2.45) is 0 Å². The van der Waals surface area contributed by atoms with Crippen LogP contribution in [0.2, 0.25) is 0 Å². The largest absolute Gasteiger partial charge is 0.492 e. The molecule has 0 aliphatic rings. The zero-order valence-electron chi connectivity index (χ0n) is 22.6. The molecule has 41 heavy (non-hydrogen) atoms. The van der Waals surface area contributed by atoms with Gasteiger partial charge in [0.25, 0.3) is 0 Å². The van der Waals surface area contributed by atoms with E-state index in [9.17, 15) is 27.9 Å². The first-order chi connectivity index (χ1) is 19.7. The molecule has 11 heteroatoms. The molecule has 3 aromatic rings. The molecule has 0 fully saturated rings.